The van der Waals surface area contributed by atoms with E-state index in [1.54, 1.807) is 31.2 Å². The summed E-state index contributed by atoms with van der Waals surface area (Å²) in [5.74, 6) is -0.975. The zero-order valence-electron chi connectivity index (χ0n) is 13.8. The van der Waals surface area contributed by atoms with Gasteiger partial charge >= 0.3 is 5.97 Å². The predicted octanol–water partition coefficient (Wildman–Crippen LogP) is 2.61. The van der Waals surface area contributed by atoms with Crippen LogP contribution in [-0.2, 0) is 4.74 Å². The van der Waals surface area contributed by atoms with Crippen LogP contribution in [0.15, 0.2) is 54.6 Å². The van der Waals surface area contributed by atoms with Gasteiger partial charge in [0.25, 0.3) is 5.91 Å². The van der Waals surface area contributed by atoms with Crippen LogP contribution in [0.1, 0.15) is 26.5 Å². The number of nitrogens with zero attached hydrogens (tertiary/aromatic N) is 3. The zero-order valence-corrected chi connectivity index (χ0v) is 13.8. The normalized spacial score (nSPS) is 10.3. The fraction of sp³-hybridized carbons (Fsp3) is 0.111. The molecule has 0 aliphatic rings. The third-order valence-corrected chi connectivity index (χ3v) is 3.56. The van der Waals surface area contributed by atoms with Crippen molar-refractivity contribution >= 4 is 17.6 Å². The van der Waals surface area contributed by atoms with Crippen LogP contribution in [-0.4, -0.2) is 34.0 Å². The van der Waals surface area contributed by atoms with Gasteiger partial charge in [0.1, 0.15) is 0 Å². The van der Waals surface area contributed by atoms with E-state index in [-0.39, 0.29) is 11.3 Å². The number of anilines is 1. The lowest BCUT2D eigenvalue weighted by atomic mass is 10.1. The van der Waals surface area contributed by atoms with E-state index in [4.69, 9.17) is 4.74 Å². The average Bonchev–Trinajstić information content (AvgIpc) is 3.04. The fourth-order valence-electron chi connectivity index (χ4n) is 2.33. The van der Waals surface area contributed by atoms with E-state index in [1.165, 1.54) is 11.9 Å². The highest BCUT2D eigenvalue weighted by atomic mass is 16.5. The lowest BCUT2D eigenvalue weighted by Crippen LogP contribution is -2.17. The first-order chi connectivity index (χ1) is 12.1. The minimum Gasteiger partial charge on any atom is -0.465 e. The van der Waals surface area contributed by atoms with Crippen molar-refractivity contribution in [1.29, 1.82) is 0 Å². The van der Waals surface area contributed by atoms with Crippen LogP contribution in [0.3, 0.4) is 0 Å². The highest BCUT2D eigenvalue weighted by Crippen LogP contribution is 2.17. The molecule has 3 rings (SSSR count). The van der Waals surface area contributed by atoms with Crippen LogP contribution in [0.2, 0.25) is 0 Å². The van der Waals surface area contributed by atoms with Crippen LogP contribution >= 0.6 is 0 Å². The number of esters is 1. The van der Waals surface area contributed by atoms with E-state index >= 15 is 0 Å². The van der Waals surface area contributed by atoms with Crippen molar-refractivity contribution in [2.45, 2.75) is 6.92 Å². The second-order valence-electron chi connectivity index (χ2n) is 5.25. The Balaban J connectivity index is 1.88. The lowest BCUT2D eigenvalue weighted by Gasteiger charge is -2.08. The van der Waals surface area contributed by atoms with Crippen molar-refractivity contribution in [2.75, 3.05) is 12.4 Å². The number of rotatable bonds is 4. The fourth-order valence-corrected chi connectivity index (χ4v) is 2.33. The number of aryl methyl sites for hydroxylation is 1. The highest BCUT2D eigenvalue weighted by Gasteiger charge is 2.19. The largest absolute Gasteiger partial charge is 0.465 e. The number of amides is 1. The van der Waals surface area contributed by atoms with Gasteiger partial charge in [0.05, 0.1) is 29.7 Å². The summed E-state index contributed by atoms with van der Waals surface area (Å²) in [6.45, 7) is 1.70. The van der Waals surface area contributed by atoms with Gasteiger partial charge < -0.3 is 10.1 Å². The molecule has 0 atom stereocenters. The standard InChI is InChI=1S/C18H16N4O3/c1-12-16(21-22(20-12)13-8-4-3-5-9-13)17(23)19-15-11-7-6-10-14(15)18(24)25-2/h3-11H,1-2H3,(H,19,23). The third kappa shape index (κ3) is 3.40. The molecule has 0 spiro atoms. The Morgan fingerprint density at radius 2 is 1.68 bits per heavy atom. The molecule has 0 radical (unpaired) electrons. The Bertz CT molecular complexity index is 919. The van der Waals surface area contributed by atoms with E-state index in [0.29, 0.717) is 11.4 Å². The molecule has 0 saturated carbocycles. The first kappa shape index (κ1) is 16.4. The Hall–Kier alpha value is -3.48. The molecule has 1 amide bonds. The van der Waals surface area contributed by atoms with E-state index < -0.39 is 11.9 Å². The Morgan fingerprint density at radius 3 is 2.40 bits per heavy atom. The Morgan fingerprint density at radius 1 is 1.00 bits per heavy atom. The minimum atomic E-state index is -0.527. The van der Waals surface area contributed by atoms with Gasteiger partial charge in [-0.3, -0.25) is 4.79 Å². The van der Waals surface area contributed by atoms with Crippen LogP contribution in [0.5, 0.6) is 0 Å². The summed E-state index contributed by atoms with van der Waals surface area (Å²) in [4.78, 5) is 25.8. The molecule has 0 aliphatic carbocycles. The molecule has 3 aromatic rings. The van der Waals surface area contributed by atoms with Gasteiger partial charge in [-0.1, -0.05) is 30.3 Å². The van der Waals surface area contributed by atoms with Gasteiger partial charge in [0.2, 0.25) is 0 Å². The van der Waals surface area contributed by atoms with Crippen molar-refractivity contribution < 1.29 is 14.3 Å². The second-order valence-corrected chi connectivity index (χ2v) is 5.25. The molecule has 7 heteroatoms. The number of ether oxygens (including phenoxy) is 1. The van der Waals surface area contributed by atoms with E-state index in [9.17, 15) is 9.59 Å². The molecule has 1 N–H and O–H groups in total. The number of para-hydroxylation sites is 2. The van der Waals surface area contributed by atoms with Crippen molar-refractivity contribution in [3.05, 3.63) is 71.5 Å². The van der Waals surface area contributed by atoms with Gasteiger partial charge in [0, 0.05) is 0 Å². The average molecular weight is 336 g/mol. The van der Waals surface area contributed by atoms with Gasteiger partial charge in [0.15, 0.2) is 5.69 Å². The van der Waals surface area contributed by atoms with Crippen molar-refractivity contribution in [3.63, 3.8) is 0 Å². The van der Waals surface area contributed by atoms with Gasteiger partial charge in [-0.05, 0) is 31.2 Å². The van der Waals surface area contributed by atoms with Crippen LogP contribution in [0.25, 0.3) is 5.69 Å². The molecular weight excluding hydrogens is 320 g/mol. The highest BCUT2D eigenvalue weighted by molar-refractivity contribution is 6.07. The van der Waals surface area contributed by atoms with Gasteiger partial charge in [-0.25, -0.2) is 4.79 Å². The zero-order chi connectivity index (χ0) is 17.8. The smallest absolute Gasteiger partial charge is 0.339 e. The molecule has 0 bridgehead atoms. The molecule has 2 aromatic carbocycles. The number of hydrogen-bond donors (Lipinski definition) is 1. The summed E-state index contributed by atoms with van der Waals surface area (Å²) >= 11 is 0. The molecule has 0 saturated heterocycles. The first-order valence-electron chi connectivity index (χ1n) is 7.58. The lowest BCUT2D eigenvalue weighted by molar-refractivity contribution is 0.0602. The Labute approximate surface area is 144 Å². The maximum Gasteiger partial charge on any atom is 0.339 e. The number of nitrogens with one attached hydrogen (secondary N) is 1. The molecule has 1 heterocycles. The molecule has 0 unspecified atom stereocenters. The maximum atomic E-state index is 12.6. The van der Waals surface area contributed by atoms with E-state index in [1.807, 2.05) is 30.3 Å². The number of carbonyl (C=O) groups is 2. The molecule has 1 aromatic heterocycles. The summed E-state index contributed by atoms with van der Waals surface area (Å²) in [6.07, 6.45) is 0. The molecule has 0 aliphatic heterocycles. The number of hydrogen-bond acceptors (Lipinski definition) is 5. The van der Waals surface area contributed by atoms with Crippen molar-refractivity contribution in [3.8, 4) is 5.69 Å². The van der Waals surface area contributed by atoms with Crippen LogP contribution in [0, 0.1) is 6.92 Å². The van der Waals surface area contributed by atoms with Gasteiger partial charge in [-0.2, -0.15) is 9.90 Å². The predicted molar refractivity (Wildman–Crippen MR) is 91.8 cm³/mol. The quantitative estimate of drug-likeness (QED) is 0.740. The summed E-state index contributed by atoms with van der Waals surface area (Å²) < 4.78 is 4.73. The summed E-state index contributed by atoms with van der Waals surface area (Å²) in [7, 11) is 1.29. The Kier molecular flexibility index (Phi) is 4.56. The summed E-state index contributed by atoms with van der Waals surface area (Å²) in [5, 5.41) is 11.2. The molecule has 7 nitrogen and oxygen atoms in total. The summed E-state index contributed by atoms with van der Waals surface area (Å²) in [5.41, 5.74) is 2.04. The first-order valence-corrected chi connectivity index (χ1v) is 7.58. The number of benzene rings is 2. The van der Waals surface area contributed by atoms with Crippen LogP contribution < -0.4 is 5.32 Å². The molecular formula is C18H16N4O3. The van der Waals surface area contributed by atoms with Crippen LogP contribution in [0.4, 0.5) is 5.69 Å². The topological polar surface area (TPSA) is 86.1 Å². The van der Waals surface area contributed by atoms with Crippen molar-refractivity contribution in [1.82, 2.24) is 15.0 Å². The number of carbonyl (C=O) groups excluding carboxylic acids is 2. The molecule has 126 valence electrons. The minimum absolute atomic E-state index is 0.184. The summed E-state index contributed by atoms with van der Waals surface area (Å²) in [6, 6.07) is 15.9. The molecule has 0 fully saturated rings. The second kappa shape index (κ2) is 6.96. The molecule has 25 heavy (non-hydrogen) atoms. The monoisotopic (exact) mass is 336 g/mol. The third-order valence-electron chi connectivity index (χ3n) is 3.56. The number of methoxy groups -OCH3 is 1. The number of aromatic nitrogens is 3. The van der Waals surface area contributed by atoms with Gasteiger partial charge in [-0.15, -0.1) is 5.10 Å². The van der Waals surface area contributed by atoms with E-state index in [0.717, 1.165) is 5.69 Å². The van der Waals surface area contributed by atoms with E-state index in [2.05, 4.69) is 15.5 Å². The van der Waals surface area contributed by atoms with Crippen molar-refractivity contribution in [2.24, 2.45) is 0 Å². The maximum absolute atomic E-state index is 12.6. The SMILES string of the molecule is COC(=O)c1ccccc1NC(=O)c1nn(-c2ccccc2)nc1C.